The van der Waals surface area contributed by atoms with Crippen LogP contribution in [0, 0.1) is 0 Å². The number of fused-ring (bicyclic) bond motifs is 1. The zero-order valence-corrected chi connectivity index (χ0v) is 19.0. The SMILES string of the molecule is COC(=O)/C(=C/c1ccc2ccn(C(=O)OC(C)(C)C)c2c1)NC(=O)OCc1ccccc1. The highest BCUT2D eigenvalue weighted by molar-refractivity contribution is 5.98. The van der Waals surface area contributed by atoms with Crippen molar-refractivity contribution in [3.05, 3.63) is 77.6 Å². The first kappa shape index (κ1) is 23.6. The van der Waals surface area contributed by atoms with Crippen LogP contribution in [0.1, 0.15) is 31.9 Å². The van der Waals surface area contributed by atoms with Crippen LogP contribution in [-0.2, 0) is 25.6 Å². The summed E-state index contributed by atoms with van der Waals surface area (Å²) in [4.78, 5) is 37.0. The molecule has 1 aromatic heterocycles. The highest BCUT2D eigenvalue weighted by Crippen LogP contribution is 2.21. The lowest BCUT2D eigenvalue weighted by Gasteiger charge is -2.19. The number of aromatic nitrogens is 1. The van der Waals surface area contributed by atoms with Gasteiger partial charge in [0, 0.05) is 11.6 Å². The van der Waals surface area contributed by atoms with Gasteiger partial charge in [0.15, 0.2) is 0 Å². The largest absolute Gasteiger partial charge is 0.464 e. The standard InChI is InChI=1S/C25H26N2O6/c1-25(2,3)33-24(30)27-13-12-19-11-10-18(15-21(19)27)14-20(22(28)31-4)26-23(29)32-16-17-8-6-5-7-9-17/h5-15H,16H2,1-4H3,(H,26,29)/b20-14-. The fraction of sp³-hybridized carbons (Fsp3) is 0.240. The smallest absolute Gasteiger partial charge is 0.418 e. The molecule has 0 saturated heterocycles. The average molecular weight is 450 g/mol. The quantitative estimate of drug-likeness (QED) is 0.339. The van der Waals surface area contributed by atoms with Gasteiger partial charge in [-0.1, -0.05) is 42.5 Å². The van der Waals surface area contributed by atoms with Crippen LogP contribution in [0.4, 0.5) is 9.59 Å². The van der Waals surface area contributed by atoms with Crippen molar-refractivity contribution in [2.45, 2.75) is 33.0 Å². The van der Waals surface area contributed by atoms with E-state index in [1.807, 2.05) is 30.3 Å². The maximum absolute atomic E-state index is 12.5. The summed E-state index contributed by atoms with van der Waals surface area (Å²) in [5, 5.41) is 3.24. The molecule has 0 unspecified atom stereocenters. The van der Waals surface area contributed by atoms with Crippen LogP contribution in [0.25, 0.3) is 17.0 Å². The summed E-state index contributed by atoms with van der Waals surface area (Å²) in [5.74, 6) is -0.741. The average Bonchev–Trinajstić information content (AvgIpc) is 3.20. The number of alkyl carbamates (subject to hydrolysis) is 1. The molecule has 1 N–H and O–H groups in total. The number of rotatable bonds is 5. The van der Waals surface area contributed by atoms with Crippen molar-refractivity contribution in [1.29, 1.82) is 0 Å². The fourth-order valence-electron chi connectivity index (χ4n) is 3.00. The van der Waals surface area contributed by atoms with Gasteiger partial charge in [0.1, 0.15) is 17.9 Å². The molecule has 0 fully saturated rings. The van der Waals surface area contributed by atoms with E-state index in [0.717, 1.165) is 10.9 Å². The third-order valence-electron chi connectivity index (χ3n) is 4.47. The van der Waals surface area contributed by atoms with E-state index in [1.54, 1.807) is 51.2 Å². The lowest BCUT2D eigenvalue weighted by Crippen LogP contribution is -2.28. The first-order valence-corrected chi connectivity index (χ1v) is 10.3. The second-order valence-corrected chi connectivity index (χ2v) is 8.22. The van der Waals surface area contributed by atoms with E-state index >= 15 is 0 Å². The van der Waals surface area contributed by atoms with Gasteiger partial charge in [-0.3, -0.25) is 9.88 Å². The Morgan fingerprint density at radius 3 is 2.42 bits per heavy atom. The van der Waals surface area contributed by atoms with E-state index in [0.29, 0.717) is 11.1 Å². The number of carbonyl (C=O) groups excluding carboxylic acids is 3. The molecule has 3 aromatic rings. The maximum atomic E-state index is 12.5. The van der Waals surface area contributed by atoms with Crippen molar-refractivity contribution < 1.29 is 28.6 Å². The molecule has 1 heterocycles. The molecular weight excluding hydrogens is 424 g/mol. The molecule has 2 aromatic carbocycles. The second-order valence-electron chi connectivity index (χ2n) is 8.22. The number of benzene rings is 2. The van der Waals surface area contributed by atoms with E-state index in [2.05, 4.69) is 5.32 Å². The molecule has 0 aliphatic heterocycles. The van der Waals surface area contributed by atoms with Crippen LogP contribution in [-0.4, -0.2) is 35.4 Å². The molecular formula is C25H26N2O6. The Morgan fingerprint density at radius 2 is 1.76 bits per heavy atom. The first-order chi connectivity index (χ1) is 15.7. The number of amides is 1. The lowest BCUT2D eigenvalue weighted by atomic mass is 10.1. The summed E-state index contributed by atoms with van der Waals surface area (Å²) in [5.41, 5.74) is 1.21. The minimum Gasteiger partial charge on any atom is -0.464 e. The van der Waals surface area contributed by atoms with E-state index in [4.69, 9.17) is 14.2 Å². The van der Waals surface area contributed by atoms with E-state index < -0.39 is 23.8 Å². The van der Waals surface area contributed by atoms with Gasteiger partial charge in [-0.15, -0.1) is 0 Å². The van der Waals surface area contributed by atoms with Gasteiger partial charge in [-0.2, -0.15) is 0 Å². The number of ether oxygens (including phenoxy) is 3. The second kappa shape index (κ2) is 10.0. The van der Waals surface area contributed by atoms with Gasteiger partial charge < -0.3 is 14.2 Å². The molecule has 0 aliphatic rings. The van der Waals surface area contributed by atoms with E-state index in [-0.39, 0.29) is 12.3 Å². The molecule has 33 heavy (non-hydrogen) atoms. The number of methoxy groups -OCH3 is 1. The summed E-state index contributed by atoms with van der Waals surface area (Å²) < 4.78 is 16.8. The fourth-order valence-corrected chi connectivity index (χ4v) is 3.00. The molecule has 0 spiro atoms. The van der Waals surface area contributed by atoms with Crippen molar-refractivity contribution in [1.82, 2.24) is 9.88 Å². The molecule has 0 atom stereocenters. The number of hydrogen-bond donors (Lipinski definition) is 1. The molecule has 8 heteroatoms. The third-order valence-corrected chi connectivity index (χ3v) is 4.47. The van der Waals surface area contributed by atoms with E-state index in [9.17, 15) is 14.4 Å². The number of nitrogens with one attached hydrogen (secondary N) is 1. The minimum atomic E-state index is -0.797. The predicted molar refractivity (Wildman–Crippen MR) is 123 cm³/mol. The molecule has 0 saturated carbocycles. The maximum Gasteiger partial charge on any atom is 0.418 e. The Labute approximate surface area is 191 Å². The zero-order valence-electron chi connectivity index (χ0n) is 19.0. The Hall–Kier alpha value is -4.07. The number of hydrogen-bond acceptors (Lipinski definition) is 6. The van der Waals surface area contributed by atoms with Crippen molar-refractivity contribution in [2.75, 3.05) is 7.11 Å². The number of nitrogens with zero attached hydrogens (tertiary/aromatic N) is 1. The first-order valence-electron chi connectivity index (χ1n) is 10.3. The van der Waals surface area contributed by atoms with Gasteiger partial charge in [0.05, 0.1) is 12.6 Å². The molecule has 1 amide bonds. The number of esters is 1. The van der Waals surface area contributed by atoms with E-state index in [1.165, 1.54) is 17.8 Å². The highest BCUT2D eigenvalue weighted by Gasteiger charge is 2.19. The van der Waals surface area contributed by atoms with Crippen LogP contribution in [0.3, 0.4) is 0 Å². The minimum absolute atomic E-state index is 0.0521. The molecule has 0 aliphatic carbocycles. The monoisotopic (exact) mass is 450 g/mol. The summed E-state index contributed by atoms with van der Waals surface area (Å²) >= 11 is 0. The molecule has 0 bridgehead atoms. The van der Waals surface area contributed by atoms with Crippen molar-refractivity contribution in [3.8, 4) is 0 Å². The van der Waals surface area contributed by atoms with Crippen LogP contribution in [0.2, 0.25) is 0 Å². The van der Waals surface area contributed by atoms with Gasteiger partial charge in [-0.25, -0.2) is 14.4 Å². The molecule has 172 valence electrons. The Balaban J connectivity index is 1.82. The van der Waals surface area contributed by atoms with Gasteiger partial charge in [0.25, 0.3) is 0 Å². The normalized spacial score (nSPS) is 11.7. The molecule has 8 nitrogen and oxygen atoms in total. The van der Waals surface area contributed by atoms with Crippen LogP contribution >= 0.6 is 0 Å². The Kier molecular flexibility index (Phi) is 7.17. The van der Waals surface area contributed by atoms with Gasteiger partial charge in [-0.05, 0) is 50.1 Å². The lowest BCUT2D eigenvalue weighted by molar-refractivity contribution is -0.136. The van der Waals surface area contributed by atoms with Crippen LogP contribution in [0.5, 0.6) is 0 Å². The molecule has 0 radical (unpaired) electrons. The van der Waals surface area contributed by atoms with Gasteiger partial charge >= 0.3 is 18.2 Å². The van der Waals surface area contributed by atoms with Crippen molar-refractivity contribution in [2.24, 2.45) is 0 Å². The third kappa shape index (κ3) is 6.46. The predicted octanol–water partition coefficient (Wildman–Crippen LogP) is 4.86. The number of carbonyl (C=O) groups is 3. The van der Waals surface area contributed by atoms with Crippen molar-refractivity contribution in [3.63, 3.8) is 0 Å². The topological polar surface area (TPSA) is 95.9 Å². The Bertz CT molecular complexity index is 1190. The van der Waals surface area contributed by atoms with Gasteiger partial charge in [0.2, 0.25) is 0 Å². The summed E-state index contributed by atoms with van der Waals surface area (Å²) in [6.07, 6.45) is 1.75. The molecule has 3 rings (SSSR count). The highest BCUT2D eigenvalue weighted by atomic mass is 16.6. The summed E-state index contributed by atoms with van der Waals surface area (Å²) in [7, 11) is 1.21. The van der Waals surface area contributed by atoms with Crippen molar-refractivity contribution >= 4 is 35.1 Å². The Morgan fingerprint density at radius 1 is 1.03 bits per heavy atom. The van der Waals surface area contributed by atoms with Crippen LogP contribution < -0.4 is 5.32 Å². The summed E-state index contributed by atoms with van der Waals surface area (Å²) in [6, 6.07) is 16.2. The summed E-state index contributed by atoms with van der Waals surface area (Å²) in [6.45, 7) is 5.41. The van der Waals surface area contributed by atoms with Crippen LogP contribution in [0.15, 0.2) is 66.5 Å². The zero-order chi connectivity index (χ0) is 24.0.